The van der Waals surface area contributed by atoms with Gasteiger partial charge in [0.1, 0.15) is 9.84 Å². The van der Waals surface area contributed by atoms with Crippen molar-refractivity contribution in [1.82, 2.24) is 9.80 Å². The zero-order chi connectivity index (χ0) is 38.1. The molecule has 0 aromatic carbocycles. The fourth-order valence-corrected chi connectivity index (χ4v) is 0.995. The number of ether oxygens (including phenoxy) is 4. The van der Waals surface area contributed by atoms with Crippen molar-refractivity contribution in [2.24, 2.45) is 17.8 Å². The summed E-state index contributed by atoms with van der Waals surface area (Å²) in [5.74, 6) is 1.70. The molecule has 2 amide bonds. The van der Waals surface area contributed by atoms with Crippen LogP contribution in [0, 0.1) is 29.1 Å². The molecule has 0 aliphatic rings. The SMILES string of the molecule is CC(C)C.CC(C)C#N.CC(C)OC(=O)N(C)C.CC(C)S(C)(=O)=O.COC(=O)N(C)C(C)C.COC(C)C.COCC(C)C. The summed E-state index contributed by atoms with van der Waals surface area (Å²) in [7, 11) is 7.08. The summed E-state index contributed by atoms with van der Waals surface area (Å²) in [5.41, 5.74) is 0. The smallest absolute Gasteiger partial charge is 0.409 e. The second-order valence-electron chi connectivity index (χ2n) is 12.5. The molecule has 0 atom stereocenters. The van der Waals surface area contributed by atoms with Gasteiger partial charge in [0.25, 0.3) is 0 Å². The first-order valence-electron chi connectivity index (χ1n) is 15.4. The highest BCUT2D eigenvalue weighted by Crippen LogP contribution is 1.95. The Bertz CT molecular complexity index is 771. The zero-order valence-electron chi connectivity index (χ0n) is 33.3. The molecule has 0 fully saturated rings. The minimum atomic E-state index is -2.74. The topological polar surface area (TPSA) is 135 Å². The molecule has 0 radical (unpaired) electrons. The Morgan fingerprint density at radius 3 is 1.09 bits per heavy atom. The number of carbonyl (C=O) groups excluding carboxylic acids is 2. The fraction of sp³-hybridized carbons (Fsp3) is 0.909. The van der Waals surface area contributed by atoms with Gasteiger partial charge in [0.05, 0.1) is 30.6 Å². The van der Waals surface area contributed by atoms with Gasteiger partial charge in [-0.05, 0) is 81.1 Å². The van der Waals surface area contributed by atoms with Crippen molar-refractivity contribution in [3.05, 3.63) is 0 Å². The van der Waals surface area contributed by atoms with E-state index in [9.17, 15) is 18.0 Å². The summed E-state index contributed by atoms with van der Waals surface area (Å²) in [4.78, 5) is 24.2. The van der Waals surface area contributed by atoms with Crippen LogP contribution in [0.4, 0.5) is 9.59 Å². The van der Waals surface area contributed by atoms with E-state index < -0.39 is 9.84 Å². The van der Waals surface area contributed by atoms with Crippen LogP contribution in [0.15, 0.2) is 0 Å². The Balaban J connectivity index is -0.0000000763. The summed E-state index contributed by atoms with van der Waals surface area (Å²) in [5, 5.41) is 7.66. The third kappa shape index (κ3) is 79.9. The van der Waals surface area contributed by atoms with Crippen LogP contribution in [-0.4, -0.2) is 109 Å². The van der Waals surface area contributed by atoms with Gasteiger partial charge in [-0.2, -0.15) is 5.26 Å². The van der Waals surface area contributed by atoms with Crippen LogP contribution in [0.1, 0.15) is 104 Å². The minimum absolute atomic E-state index is 0.0279. The van der Waals surface area contributed by atoms with Crippen LogP contribution >= 0.6 is 0 Å². The summed E-state index contributed by atoms with van der Waals surface area (Å²) < 4.78 is 39.5. The van der Waals surface area contributed by atoms with Crippen molar-refractivity contribution in [3.8, 4) is 6.07 Å². The highest BCUT2D eigenvalue weighted by Gasteiger charge is 2.10. The molecule has 0 N–H and O–H groups in total. The predicted molar refractivity (Wildman–Crippen MR) is 190 cm³/mol. The summed E-state index contributed by atoms with van der Waals surface area (Å²) in [6.45, 7) is 30.2. The minimum Gasteiger partial charge on any atom is -0.453 e. The largest absolute Gasteiger partial charge is 0.453 e. The quantitative estimate of drug-likeness (QED) is 0.277. The maximum atomic E-state index is 10.7. The molecule has 276 valence electrons. The first kappa shape index (κ1) is 58.4. The van der Waals surface area contributed by atoms with Gasteiger partial charge in [0, 0.05) is 60.2 Å². The molecule has 0 aliphatic heterocycles. The lowest BCUT2D eigenvalue weighted by molar-refractivity contribution is 0.0903. The number of sulfone groups is 1. The Morgan fingerprint density at radius 2 is 1.04 bits per heavy atom. The van der Waals surface area contributed by atoms with Gasteiger partial charge >= 0.3 is 12.2 Å². The number of nitriles is 1. The van der Waals surface area contributed by atoms with Crippen LogP contribution in [0.25, 0.3) is 0 Å². The van der Waals surface area contributed by atoms with E-state index in [0.717, 1.165) is 12.5 Å². The summed E-state index contributed by atoms with van der Waals surface area (Å²) >= 11 is 0. The van der Waals surface area contributed by atoms with E-state index in [-0.39, 0.29) is 35.5 Å². The average Bonchev–Trinajstić information content (AvgIpc) is 2.88. The fourth-order valence-electron chi connectivity index (χ4n) is 0.995. The van der Waals surface area contributed by atoms with Gasteiger partial charge in [-0.1, -0.05) is 34.6 Å². The number of amides is 2. The van der Waals surface area contributed by atoms with E-state index in [0.29, 0.717) is 12.0 Å². The highest BCUT2D eigenvalue weighted by molar-refractivity contribution is 7.91. The molecule has 0 saturated carbocycles. The number of hydrogen-bond donors (Lipinski definition) is 0. The average molecular weight is 674 g/mol. The van der Waals surface area contributed by atoms with E-state index in [4.69, 9.17) is 19.5 Å². The Hall–Kier alpha value is -2.10. The number of rotatable bonds is 6. The van der Waals surface area contributed by atoms with Crippen molar-refractivity contribution in [3.63, 3.8) is 0 Å². The molecule has 12 heteroatoms. The lowest BCUT2D eigenvalue weighted by Gasteiger charge is -2.18. The molecule has 0 aromatic heterocycles. The maximum Gasteiger partial charge on any atom is 0.409 e. The number of methoxy groups -OCH3 is 3. The molecule has 45 heavy (non-hydrogen) atoms. The molecule has 0 heterocycles. The molecular formula is C33H75N3O8S. The van der Waals surface area contributed by atoms with Crippen molar-refractivity contribution < 1.29 is 37.0 Å². The Kier molecular flexibility index (Phi) is 49.5. The lowest BCUT2D eigenvalue weighted by atomic mass is 10.2. The molecule has 11 nitrogen and oxygen atoms in total. The molecule has 0 aromatic rings. The molecule has 0 unspecified atom stereocenters. The van der Waals surface area contributed by atoms with Crippen molar-refractivity contribution in [2.75, 3.05) is 55.3 Å². The van der Waals surface area contributed by atoms with Gasteiger partial charge < -0.3 is 28.7 Å². The molecule has 0 aliphatic carbocycles. The molecule has 0 saturated heterocycles. The van der Waals surface area contributed by atoms with Gasteiger partial charge in [0.2, 0.25) is 0 Å². The molecule has 0 bridgehead atoms. The second-order valence-corrected chi connectivity index (χ2v) is 15.1. The van der Waals surface area contributed by atoms with Crippen LogP contribution in [-0.2, 0) is 28.8 Å². The van der Waals surface area contributed by atoms with Gasteiger partial charge in [-0.15, -0.1) is 0 Å². The third-order valence-corrected chi connectivity index (χ3v) is 5.74. The normalized spacial score (nSPS) is 9.78. The summed E-state index contributed by atoms with van der Waals surface area (Å²) in [6, 6.07) is 2.23. The highest BCUT2D eigenvalue weighted by atomic mass is 32.2. The lowest BCUT2D eigenvalue weighted by Crippen LogP contribution is -2.32. The van der Waals surface area contributed by atoms with E-state index in [1.54, 1.807) is 49.2 Å². The molecule has 0 rings (SSSR count). The molecule has 0 spiro atoms. The molecular weight excluding hydrogens is 598 g/mol. The monoisotopic (exact) mass is 674 g/mol. The Morgan fingerprint density at radius 1 is 0.733 bits per heavy atom. The van der Waals surface area contributed by atoms with E-state index in [2.05, 4.69) is 39.4 Å². The first-order valence-corrected chi connectivity index (χ1v) is 17.4. The first-order chi connectivity index (χ1) is 20.1. The van der Waals surface area contributed by atoms with Crippen LogP contribution < -0.4 is 0 Å². The number of nitrogens with zero attached hydrogens (tertiary/aromatic N) is 3. The zero-order valence-corrected chi connectivity index (χ0v) is 34.1. The van der Waals surface area contributed by atoms with Crippen molar-refractivity contribution in [1.29, 1.82) is 5.26 Å². The van der Waals surface area contributed by atoms with Crippen molar-refractivity contribution >= 4 is 22.0 Å². The third-order valence-electron chi connectivity index (χ3n) is 4.02. The predicted octanol–water partition coefficient (Wildman–Crippen LogP) is 7.78. The van der Waals surface area contributed by atoms with Gasteiger partial charge in [-0.25, -0.2) is 18.0 Å². The van der Waals surface area contributed by atoms with Gasteiger partial charge in [-0.3, -0.25) is 0 Å². The number of hydrogen-bond acceptors (Lipinski definition) is 9. The standard InChI is InChI=1S/2C6H13NO2.C5H12O.C4H7N.C4H10O2S.C4H10O.C4H10/c1-5(2)7(3)6(8)9-4;1-5(2)9-6(8)7(3)4;1-5(2)4-6-3;1-4(2)3-5;1-4(2)7(3,5)6;1-4(2)5-3;1-4(2)3/h2*5H,1-4H3;5H,4H2,1-3H3;4H,1-2H3;4H,1-3H3;4H,1-3H3;4H,1-3H3. The second kappa shape index (κ2) is 38.1. The van der Waals surface area contributed by atoms with Crippen LogP contribution in [0.3, 0.4) is 0 Å². The van der Waals surface area contributed by atoms with E-state index >= 15 is 0 Å². The number of carbonyl (C=O) groups is 2. The van der Waals surface area contributed by atoms with Crippen molar-refractivity contribution in [2.45, 2.75) is 127 Å². The van der Waals surface area contributed by atoms with Crippen LogP contribution in [0.2, 0.25) is 0 Å². The van der Waals surface area contributed by atoms with Gasteiger partial charge in [0.15, 0.2) is 0 Å². The summed E-state index contributed by atoms with van der Waals surface area (Å²) in [6.07, 6.45) is 1.02. The van der Waals surface area contributed by atoms with Crippen LogP contribution in [0.5, 0.6) is 0 Å². The van der Waals surface area contributed by atoms with E-state index in [1.165, 1.54) is 23.2 Å². The maximum absolute atomic E-state index is 10.7. The Labute approximate surface area is 280 Å². The van der Waals surface area contributed by atoms with E-state index in [1.807, 2.05) is 61.5 Å².